The van der Waals surface area contributed by atoms with Gasteiger partial charge in [0.05, 0.1) is 6.54 Å². The lowest BCUT2D eigenvalue weighted by Crippen LogP contribution is -2.42. The first-order chi connectivity index (χ1) is 14.9. The number of amides is 1. The second-order valence-electron chi connectivity index (χ2n) is 7.92. The first-order valence-electron chi connectivity index (χ1n) is 9.74. The molecule has 3 aliphatic rings. The van der Waals surface area contributed by atoms with E-state index in [0.717, 1.165) is 23.1 Å². The molecule has 3 aliphatic heterocycles. The summed E-state index contributed by atoms with van der Waals surface area (Å²) in [6.45, 7) is 0.529. The number of fused-ring (bicyclic) bond motifs is 5. The molecule has 1 atom stereocenters. The molecule has 158 valence electrons. The summed E-state index contributed by atoms with van der Waals surface area (Å²) in [6, 6.07) is 14.4. The number of para-hydroxylation sites is 1. The van der Waals surface area contributed by atoms with E-state index in [2.05, 4.69) is 4.98 Å². The standard InChI is InChI=1S/C22H18N2O6S/c1-31(26,27)20-7-6-13(23-20)10-24-16-5-3-2-4-14(16)22(21(24)25)11-28-17-9-19-18(8-15(17)22)29-12-30-19/h2-9,23H,10-12H2,1H3. The predicted molar refractivity (Wildman–Crippen MR) is 110 cm³/mol. The summed E-state index contributed by atoms with van der Waals surface area (Å²) in [5, 5.41) is 0.124. The van der Waals surface area contributed by atoms with Crippen LogP contribution in [0.25, 0.3) is 0 Å². The van der Waals surface area contributed by atoms with Gasteiger partial charge in [-0.15, -0.1) is 0 Å². The third-order valence-electron chi connectivity index (χ3n) is 6.09. The number of anilines is 1. The number of hydrogen-bond donors (Lipinski definition) is 1. The van der Waals surface area contributed by atoms with Crippen LogP contribution < -0.4 is 19.1 Å². The molecule has 1 amide bonds. The van der Waals surface area contributed by atoms with Crippen LogP contribution in [0.2, 0.25) is 0 Å². The van der Waals surface area contributed by atoms with Crippen molar-refractivity contribution in [3.63, 3.8) is 0 Å². The monoisotopic (exact) mass is 438 g/mol. The molecule has 0 saturated heterocycles. The molecule has 0 radical (unpaired) electrons. The number of ether oxygens (including phenoxy) is 3. The first kappa shape index (κ1) is 18.3. The van der Waals surface area contributed by atoms with Crippen LogP contribution in [0.4, 0.5) is 5.69 Å². The second-order valence-corrected chi connectivity index (χ2v) is 9.91. The number of aromatic amines is 1. The van der Waals surface area contributed by atoms with Crippen LogP contribution >= 0.6 is 0 Å². The maximum atomic E-state index is 13.9. The molecule has 4 heterocycles. The SMILES string of the molecule is CS(=O)(=O)c1ccc(CN2C(=O)C3(COc4cc5c(cc43)OCO5)c3ccccc32)[nH]1. The number of benzene rings is 2. The number of nitrogens with zero attached hydrogens (tertiary/aromatic N) is 1. The quantitative estimate of drug-likeness (QED) is 0.674. The van der Waals surface area contributed by atoms with Gasteiger partial charge in [-0.25, -0.2) is 8.42 Å². The molecule has 1 unspecified atom stereocenters. The van der Waals surface area contributed by atoms with E-state index in [0.29, 0.717) is 22.9 Å². The fourth-order valence-electron chi connectivity index (χ4n) is 4.62. The fourth-order valence-corrected chi connectivity index (χ4v) is 5.25. The maximum Gasteiger partial charge on any atom is 0.246 e. The third-order valence-corrected chi connectivity index (χ3v) is 7.13. The number of rotatable bonds is 3. The fraction of sp³-hybridized carbons (Fsp3) is 0.227. The Balaban J connectivity index is 1.46. The topological polar surface area (TPSA) is 97.9 Å². The Hall–Kier alpha value is -3.46. The van der Waals surface area contributed by atoms with Crippen molar-refractivity contribution >= 4 is 21.4 Å². The van der Waals surface area contributed by atoms with E-state index >= 15 is 0 Å². The summed E-state index contributed by atoms with van der Waals surface area (Å²) >= 11 is 0. The smallest absolute Gasteiger partial charge is 0.246 e. The van der Waals surface area contributed by atoms with E-state index in [9.17, 15) is 13.2 Å². The molecule has 0 fully saturated rings. The zero-order chi connectivity index (χ0) is 21.4. The van der Waals surface area contributed by atoms with Gasteiger partial charge in [0.25, 0.3) is 0 Å². The van der Waals surface area contributed by atoms with Crippen LogP contribution in [0.3, 0.4) is 0 Å². The molecule has 8 nitrogen and oxygen atoms in total. The normalized spacial score (nSPS) is 20.8. The highest BCUT2D eigenvalue weighted by Gasteiger charge is 2.57. The molecular weight excluding hydrogens is 420 g/mol. The highest BCUT2D eigenvalue weighted by atomic mass is 32.2. The molecule has 2 aromatic carbocycles. The maximum absolute atomic E-state index is 13.9. The Kier molecular flexibility index (Phi) is 3.57. The van der Waals surface area contributed by atoms with Crippen LogP contribution in [0.1, 0.15) is 16.8 Å². The number of carbonyl (C=O) groups is 1. The van der Waals surface area contributed by atoms with Crippen molar-refractivity contribution < 1.29 is 27.4 Å². The molecule has 1 spiro atoms. The van der Waals surface area contributed by atoms with E-state index < -0.39 is 15.3 Å². The largest absolute Gasteiger partial charge is 0.491 e. The van der Waals surface area contributed by atoms with Crippen molar-refractivity contribution in [2.24, 2.45) is 0 Å². The van der Waals surface area contributed by atoms with Gasteiger partial charge in [-0.2, -0.15) is 0 Å². The van der Waals surface area contributed by atoms with Crippen LogP contribution in [-0.4, -0.2) is 39.0 Å². The van der Waals surface area contributed by atoms with Crippen molar-refractivity contribution in [3.05, 3.63) is 65.4 Å². The lowest BCUT2D eigenvalue weighted by molar-refractivity contribution is -0.122. The first-order valence-corrected chi connectivity index (χ1v) is 11.6. The van der Waals surface area contributed by atoms with Crippen LogP contribution in [-0.2, 0) is 26.6 Å². The lowest BCUT2D eigenvalue weighted by atomic mass is 9.77. The Morgan fingerprint density at radius 1 is 1.00 bits per heavy atom. The molecule has 3 aromatic rings. The van der Waals surface area contributed by atoms with Gasteiger partial charge in [-0.05, 0) is 29.8 Å². The lowest BCUT2D eigenvalue weighted by Gasteiger charge is -2.23. The summed E-state index contributed by atoms with van der Waals surface area (Å²) < 4.78 is 40.6. The molecule has 31 heavy (non-hydrogen) atoms. The van der Waals surface area contributed by atoms with Crippen molar-refractivity contribution in [2.45, 2.75) is 17.0 Å². The van der Waals surface area contributed by atoms with Gasteiger partial charge in [-0.1, -0.05) is 18.2 Å². The van der Waals surface area contributed by atoms with E-state index in [1.165, 1.54) is 6.07 Å². The highest BCUT2D eigenvalue weighted by Crippen LogP contribution is 2.55. The summed E-state index contributed by atoms with van der Waals surface area (Å²) in [7, 11) is -3.36. The van der Waals surface area contributed by atoms with Gasteiger partial charge in [0.15, 0.2) is 21.3 Å². The Bertz CT molecular complexity index is 1360. The highest BCUT2D eigenvalue weighted by molar-refractivity contribution is 7.90. The van der Waals surface area contributed by atoms with Crippen LogP contribution in [0, 0.1) is 0 Å². The molecular formula is C22H18N2O6S. The molecule has 1 aromatic heterocycles. The van der Waals surface area contributed by atoms with Gasteiger partial charge in [-0.3, -0.25) is 4.79 Å². The molecule has 9 heteroatoms. The third kappa shape index (κ3) is 2.46. The van der Waals surface area contributed by atoms with Crippen LogP contribution in [0.15, 0.2) is 53.6 Å². The summed E-state index contributed by atoms with van der Waals surface area (Å²) in [6.07, 6.45) is 1.14. The van der Waals surface area contributed by atoms with Gasteiger partial charge < -0.3 is 24.1 Å². The van der Waals surface area contributed by atoms with Crippen molar-refractivity contribution in [1.82, 2.24) is 4.98 Å². The van der Waals surface area contributed by atoms with Crippen LogP contribution in [0.5, 0.6) is 17.2 Å². The summed E-state index contributed by atoms with van der Waals surface area (Å²) in [4.78, 5) is 18.5. The zero-order valence-corrected chi connectivity index (χ0v) is 17.4. The molecule has 0 bridgehead atoms. The number of nitrogens with one attached hydrogen (secondary N) is 1. The zero-order valence-electron chi connectivity index (χ0n) is 16.5. The molecule has 0 saturated carbocycles. The van der Waals surface area contributed by atoms with E-state index in [4.69, 9.17) is 14.2 Å². The predicted octanol–water partition coefficient (Wildman–Crippen LogP) is 2.37. The van der Waals surface area contributed by atoms with Gasteiger partial charge >= 0.3 is 0 Å². The van der Waals surface area contributed by atoms with E-state index in [1.807, 2.05) is 30.3 Å². The summed E-state index contributed by atoms with van der Waals surface area (Å²) in [5.74, 6) is 1.68. The Morgan fingerprint density at radius 2 is 1.77 bits per heavy atom. The van der Waals surface area contributed by atoms with Gasteiger partial charge in [0.1, 0.15) is 22.8 Å². The molecule has 0 aliphatic carbocycles. The van der Waals surface area contributed by atoms with E-state index in [1.54, 1.807) is 17.0 Å². The Morgan fingerprint density at radius 3 is 2.55 bits per heavy atom. The van der Waals surface area contributed by atoms with Crippen molar-refractivity contribution in [1.29, 1.82) is 0 Å². The van der Waals surface area contributed by atoms with Crippen molar-refractivity contribution in [2.75, 3.05) is 24.6 Å². The number of hydrogen-bond acceptors (Lipinski definition) is 6. The number of sulfone groups is 1. The minimum absolute atomic E-state index is 0.123. The molecule has 6 rings (SSSR count). The van der Waals surface area contributed by atoms with Gasteiger partial charge in [0, 0.05) is 29.3 Å². The average Bonchev–Trinajstić information content (AvgIpc) is 3.50. The minimum Gasteiger partial charge on any atom is -0.491 e. The number of carbonyl (C=O) groups excluding carboxylic acids is 1. The van der Waals surface area contributed by atoms with Gasteiger partial charge in [0.2, 0.25) is 12.7 Å². The molecule has 1 N–H and O–H groups in total. The second kappa shape index (κ2) is 6.04. The Labute approximate surface area is 178 Å². The average molecular weight is 438 g/mol. The number of aromatic nitrogens is 1. The van der Waals surface area contributed by atoms with E-state index in [-0.39, 0.29) is 30.9 Å². The number of H-pyrrole nitrogens is 1. The minimum atomic E-state index is -3.36. The van der Waals surface area contributed by atoms with Crippen molar-refractivity contribution in [3.8, 4) is 17.2 Å². The summed E-state index contributed by atoms with van der Waals surface area (Å²) in [5.41, 5.74) is 2.02.